The Labute approximate surface area is 153 Å². The smallest absolute Gasteiger partial charge is 0.256 e. The largest absolute Gasteiger partial charge is 0.347 e. The molecule has 7 heteroatoms. The highest BCUT2D eigenvalue weighted by molar-refractivity contribution is 5.94. The standard InChI is InChI=1S/C19H26FN3O3/c1-19(2,3)18(26)21-13-16(24)22-9-6-10-23(12-11-22)17(25)14-7-4-5-8-15(14)20/h4-5,7-8H,6,9-13H2,1-3H3,(H,21,26). The van der Waals surface area contributed by atoms with Crippen LogP contribution < -0.4 is 5.32 Å². The van der Waals surface area contributed by atoms with Gasteiger partial charge in [-0.1, -0.05) is 32.9 Å². The van der Waals surface area contributed by atoms with Crippen molar-refractivity contribution in [2.24, 2.45) is 5.41 Å². The van der Waals surface area contributed by atoms with E-state index in [1.807, 2.05) is 0 Å². The van der Waals surface area contributed by atoms with Crippen molar-refractivity contribution >= 4 is 17.7 Å². The third kappa shape index (κ3) is 5.03. The number of halogens is 1. The SMILES string of the molecule is CC(C)(C)C(=O)NCC(=O)N1CCCN(C(=O)c2ccccc2F)CC1. The van der Waals surface area contributed by atoms with Crippen LogP contribution in [-0.2, 0) is 9.59 Å². The summed E-state index contributed by atoms with van der Waals surface area (Å²) in [6.07, 6.45) is 0.610. The summed E-state index contributed by atoms with van der Waals surface area (Å²) in [7, 11) is 0. The molecule has 142 valence electrons. The lowest BCUT2D eigenvalue weighted by Crippen LogP contribution is -2.44. The van der Waals surface area contributed by atoms with E-state index in [4.69, 9.17) is 0 Å². The number of carbonyl (C=O) groups excluding carboxylic acids is 3. The fraction of sp³-hybridized carbons (Fsp3) is 0.526. The maximum Gasteiger partial charge on any atom is 0.256 e. The van der Waals surface area contributed by atoms with E-state index >= 15 is 0 Å². The lowest BCUT2D eigenvalue weighted by molar-refractivity contribution is -0.135. The summed E-state index contributed by atoms with van der Waals surface area (Å²) >= 11 is 0. The van der Waals surface area contributed by atoms with E-state index in [1.54, 1.807) is 42.7 Å². The normalized spacial score (nSPS) is 15.4. The zero-order chi connectivity index (χ0) is 19.3. The first kappa shape index (κ1) is 19.9. The van der Waals surface area contributed by atoms with Crippen LogP contribution in [0.1, 0.15) is 37.6 Å². The molecular formula is C19H26FN3O3. The van der Waals surface area contributed by atoms with Gasteiger partial charge in [-0.25, -0.2) is 4.39 Å². The maximum absolute atomic E-state index is 13.8. The van der Waals surface area contributed by atoms with E-state index < -0.39 is 11.2 Å². The van der Waals surface area contributed by atoms with Gasteiger partial charge in [0.2, 0.25) is 11.8 Å². The van der Waals surface area contributed by atoms with Crippen molar-refractivity contribution in [3.05, 3.63) is 35.6 Å². The molecule has 2 rings (SSSR count). The average molecular weight is 363 g/mol. The molecule has 0 unspecified atom stereocenters. The minimum Gasteiger partial charge on any atom is -0.347 e. The van der Waals surface area contributed by atoms with Crippen molar-refractivity contribution in [3.63, 3.8) is 0 Å². The molecule has 0 bridgehead atoms. The van der Waals surface area contributed by atoms with Gasteiger partial charge in [0, 0.05) is 31.6 Å². The average Bonchev–Trinajstić information content (AvgIpc) is 2.84. The van der Waals surface area contributed by atoms with E-state index in [0.29, 0.717) is 32.6 Å². The first-order valence-corrected chi connectivity index (χ1v) is 8.80. The number of benzene rings is 1. The quantitative estimate of drug-likeness (QED) is 0.888. The number of amides is 3. The molecule has 1 aliphatic heterocycles. The Kier molecular flexibility index (Phi) is 6.34. The minimum atomic E-state index is -0.554. The minimum absolute atomic E-state index is 0.0460. The van der Waals surface area contributed by atoms with E-state index in [0.717, 1.165) is 0 Å². The first-order chi connectivity index (χ1) is 12.2. The van der Waals surface area contributed by atoms with Crippen LogP contribution in [0.15, 0.2) is 24.3 Å². The second-order valence-corrected chi connectivity index (χ2v) is 7.44. The molecule has 1 heterocycles. The Hall–Kier alpha value is -2.44. The summed E-state index contributed by atoms with van der Waals surface area (Å²) in [5, 5.41) is 2.65. The van der Waals surface area contributed by atoms with Crippen molar-refractivity contribution in [1.82, 2.24) is 15.1 Å². The van der Waals surface area contributed by atoms with Crippen LogP contribution in [0, 0.1) is 11.2 Å². The molecule has 0 radical (unpaired) electrons. The fourth-order valence-corrected chi connectivity index (χ4v) is 2.71. The molecule has 1 fully saturated rings. The van der Waals surface area contributed by atoms with Crippen LogP contribution in [-0.4, -0.2) is 60.2 Å². The van der Waals surface area contributed by atoms with Crippen LogP contribution in [0.5, 0.6) is 0 Å². The predicted molar refractivity (Wildman–Crippen MR) is 96.0 cm³/mol. The monoisotopic (exact) mass is 363 g/mol. The molecule has 1 aromatic carbocycles. The van der Waals surface area contributed by atoms with Gasteiger partial charge in [0.25, 0.3) is 5.91 Å². The van der Waals surface area contributed by atoms with Crippen LogP contribution in [0.3, 0.4) is 0 Å². The molecule has 0 aromatic heterocycles. The Morgan fingerprint density at radius 2 is 1.65 bits per heavy atom. The second kappa shape index (κ2) is 8.29. The van der Waals surface area contributed by atoms with E-state index in [1.165, 1.54) is 12.1 Å². The lowest BCUT2D eigenvalue weighted by atomic mass is 9.96. The van der Waals surface area contributed by atoms with Crippen molar-refractivity contribution in [3.8, 4) is 0 Å². The van der Waals surface area contributed by atoms with Crippen LogP contribution in [0.4, 0.5) is 4.39 Å². The molecule has 0 spiro atoms. The van der Waals surface area contributed by atoms with Gasteiger partial charge < -0.3 is 15.1 Å². The molecule has 1 N–H and O–H groups in total. The van der Waals surface area contributed by atoms with Gasteiger partial charge in [0.1, 0.15) is 5.82 Å². The topological polar surface area (TPSA) is 69.7 Å². The number of nitrogens with one attached hydrogen (secondary N) is 1. The second-order valence-electron chi connectivity index (χ2n) is 7.44. The molecule has 26 heavy (non-hydrogen) atoms. The van der Waals surface area contributed by atoms with Gasteiger partial charge in [0.05, 0.1) is 12.1 Å². The van der Waals surface area contributed by atoms with Gasteiger partial charge in [0.15, 0.2) is 0 Å². The van der Waals surface area contributed by atoms with Crippen LogP contribution in [0.2, 0.25) is 0 Å². The Bertz CT molecular complexity index is 685. The van der Waals surface area contributed by atoms with E-state index in [9.17, 15) is 18.8 Å². The third-order valence-corrected chi connectivity index (χ3v) is 4.32. The van der Waals surface area contributed by atoms with E-state index in [-0.39, 0.29) is 29.8 Å². The summed E-state index contributed by atoms with van der Waals surface area (Å²) in [4.78, 5) is 39.9. The Morgan fingerprint density at radius 3 is 2.31 bits per heavy atom. The Morgan fingerprint density at radius 1 is 1.04 bits per heavy atom. The Balaban J connectivity index is 1.91. The van der Waals surface area contributed by atoms with E-state index in [2.05, 4.69) is 5.32 Å². The van der Waals surface area contributed by atoms with Gasteiger partial charge in [-0.3, -0.25) is 14.4 Å². The molecule has 0 aliphatic carbocycles. The van der Waals surface area contributed by atoms with Gasteiger partial charge >= 0.3 is 0 Å². The number of hydrogen-bond donors (Lipinski definition) is 1. The summed E-state index contributed by atoms with van der Waals surface area (Å²) in [6.45, 7) is 6.96. The van der Waals surface area contributed by atoms with Crippen LogP contribution in [0.25, 0.3) is 0 Å². The van der Waals surface area contributed by atoms with Crippen molar-refractivity contribution < 1.29 is 18.8 Å². The molecule has 0 saturated carbocycles. The zero-order valence-electron chi connectivity index (χ0n) is 15.5. The molecule has 0 atom stereocenters. The first-order valence-electron chi connectivity index (χ1n) is 8.80. The number of rotatable bonds is 3. The molecule has 1 aromatic rings. The fourth-order valence-electron chi connectivity index (χ4n) is 2.71. The van der Waals surface area contributed by atoms with Crippen molar-refractivity contribution in [1.29, 1.82) is 0 Å². The zero-order valence-corrected chi connectivity index (χ0v) is 15.5. The van der Waals surface area contributed by atoms with Gasteiger partial charge in [-0.05, 0) is 18.6 Å². The number of nitrogens with zero attached hydrogens (tertiary/aromatic N) is 2. The number of carbonyl (C=O) groups is 3. The summed E-state index contributed by atoms with van der Waals surface area (Å²) < 4.78 is 13.8. The molecular weight excluding hydrogens is 337 g/mol. The van der Waals surface area contributed by atoms with Crippen molar-refractivity contribution in [2.75, 3.05) is 32.7 Å². The van der Waals surface area contributed by atoms with Gasteiger partial charge in [-0.2, -0.15) is 0 Å². The highest BCUT2D eigenvalue weighted by Crippen LogP contribution is 2.14. The highest BCUT2D eigenvalue weighted by Gasteiger charge is 2.26. The predicted octanol–water partition coefficient (Wildman–Crippen LogP) is 1.66. The number of hydrogen-bond acceptors (Lipinski definition) is 3. The lowest BCUT2D eigenvalue weighted by Gasteiger charge is -2.23. The maximum atomic E-state index is 13.8. The molecule has 1 aliphatic rings. The van der Waals surface area contributed by atoms with Crippen LogP contribution >= 0.6 is 0 Å². The van der Waals surface area contributed by atoms with Gasteiger partial charge in [-0.15, -0.1) is 0 Å². The van der Waals surface area contributed by atoms with Crippen molar-refractivity contribution in [2.45, 2.75) is 27.2 Å². The third-order valence-electron chi connectivity index (χ3n) is 4.32. The summed E-state index contributed by atoms with van der Waals surface area (Å²) in [6, 6.07) is 5.90. The molecule has 3 amide bonds. The molecule has 6 nitrogen and oxygen atoms in total. The molecule has 1 saturated heterocycles. The summed E-state index contributed by atoms with van der Waals surface area (Å²) in [5.74, 6) is -1.27. The highest BCUT2D eigenvalue weighted by atomic mass is 19.1. The summed E-state index contributed by atoms with van der Waals surface area (Å²) in [5.41, 5.74) is -0.507.